The van der Waals surface area contributed by atoms with Gasteiger partial charge in [0.1, 0.15) is 6.61 Å². The molecule has 0 radical (unpaired) electrons. The molecule has 2 rings (SSSR count). The van der Waals surface area contributed by atoms with Gasteiger partial charge in [-0.05, 0) is 32.0 Å². The van der Waals surface area contributed by atoms with Crippen molar-refractivity contribution in [3.63, 3.8) is 0 Å². The molecule has 0 fully saturated rings. The highest BCUT2D eigenvalue weighted by Crippen LogP contribution is 2.21. The maximum atomic E-state index is 12.1. The number of benzene rings is 1. The average molecular weight is 233 g/mol. The summed E-state index contributed by atoms with van der Waals surface area (Å²) in [5.41, 5.74) is 1.99. The van der Waals surface area contributed by atoms with E-state index in [9.17, 15) is 9.59 Å². The Balaban J connectivity index is 2.29. The van der Waals surface area contributed by atoms with Gasteiger partial charge in [0, 0.05) is 24.2 Å². The highest BCUT2D eigenvalue weighted by Gasteiger charge is 2.23. The molecule has 4 nitrogen and oxygen atoms in total. The van der Waals surface area contributed by atoms with E-state index in [0.717, 1.165) is 5.56 Å². The highest BCUT2D eigenvalue weighted by molar-refractivity contribution is 5.98. The van der Waals surface area contributed by atoms with Crippen LogP contribution in [-0.4, -0.2) is 29.9 Å². The molecule has 1 aromatic carbocycles. The fourth-order valence-electron chi connectivity index (χ4n) is 1.96. The molecule has 1 aromatic rings. The smallest absolute Gasteiger partial charge is 0.338 e. The van der Waals surface area contributed by atoms with E-state index < -0.39 is 0 Å². The van der Waals surface area contributed by atoms with E-state index in [-0.39, 0.29) is 18.5 Å². The van der Waals surface area contributed by atoms with Gasteiger partial charge < -0.3 is 9.64 Å². The summed E-state index contributed by atoms with van der Waals surface area (Å²) in [5.74, 6) is -0.306. The van der Waals surface area contributed by atoms with Gasteiger partial charge in [0.05, 0.1) is 5.56 Å². The van der Waals surface area contributed by atoms with Crippen LogP contribution in [0, 0.1) is 0 Å². The molecule has 0 N–H and O–H groups in total. The lowest BCUT2D eigenvalue weighted by Crippen LogP contribution is -2.30. The molecule has 0 atom stereocenters. The molecular weight excluding hydrogens is 218 g/mol. The second-order valence-corrected chi connectivity index (χ2v) is 3.93. The number of cyclic esters (lactones) is 1. The van der Waals surface area contributed by atoms with Crippen molar-refractivity contribution in [2.24, 2.45) is 0 Å². The van der Waals surface area contributed by atoms with Crippen LogP contribution in [0.15, 0.2) is 18.2 Å². The summed E-state index contributed by atoms with van der Waals surface area (Å²) in [4.78, 5) is 25.1. The van der Waals surface area contributed by atoms with Crippen LogP contribution in [0.1, 0.15) is 40.1 Å². The molecule has 1 aliphatic heterocycles. The van der Waals surface area contributed by atoms with Crippen LogP contribution in [0.2, 0.25) is 0 Å². The van der Waals surface area contributed by atoms with Crippen molar-refractivity contribution in [2.45, 2.75) is 20.5 Å². The number of carbonyl (C=O) groups is 2. The van der Waals surface area contributed by atoms with Crippen molar-refractivity contribution < 1.29 is 14.3 Å². The van der Waals surface area contributed by atoms with Crippen molar-refractivity contribution in [3.05, 3.63) is 34.9 Å². The van der Waals surface area contributed by atoms with Gasteiger partial charge in [-0.15, -0.1) is 0 Å². The van der Waals surface area contributed by atoms with Crippen molar-refractivity contribution in [1.82, 2.24) is 4.90 Å². The summed E-state index contributed by atoms with van der Waals surface area (Å²) in [6.07, 6.45) is 0. The summed E-state index contributed by atoms with van der Waals surface area (Å²) in [6, 6.07) is 5.11. The Morgan fingerprint density at radius 1 is 1.35 bits per heavy atom. The molecule has 0 bridgehead atoms. The molecule has 0 unspecified atom stereocenters. The second-order valence-electron chi connectivity index (χ2n) is 3.93. The first-order valence-corrected chi connectivity index (χ1v) is 5.76. The van der Waals surface area contributed by atoms with Crippen LogP contribution in [0.5, 0.6) is 0 Å². The third kappa shape index (κ3) is 2.02. The Kier molecular flexibility index (Phi) is 3.13. The minimum atomic E-state index is -0.304. The van der Waals surface area contributed by atoms with Crippen molar-refractivity contribution in [1.29, 1.82) is 0 Å². The normalized spacial score (nSPS) is 13.2. The first-order valence-electron chi connectivity index (χ1n) is 5.76. The second kappa shape index (κ2) is 4.57. The lowest BCUT2D eigenvalue weighted by atomic mass is 10.1. The number of ether oxygens (including phenoxy) is 1. The first-order chi connectivity index (χ1) is 8.17. The van der Waals surface area contributed by atoms with Crippen molar-refractivity contribution in [2.75, 3.05) is 13.1 Å². The first kappa shape index (κ1) is 11.6. The standard InChI is InChI=1S/C13H15NO3/c1-3-14(4-2)12(15)9-5-6-11-10(7-9)8-17-13(11)16/h5-7H,3-4,8H2,1-2H3. The van der Waals surface area contributed by atoms with E-state index >= 15 is 0 Å². The SMILES string of the molecule is CCN(CC)C(=O)c1ccc2c(c1)COC2=O. The molecule has 0 aromatic heterocycles. The fourth-order valence-corrected chi connectivity index (χ4v) is 1.96. The summed E-state index contributed by atoms with van der Waals surface area (Å²) in [5, 5.41) is 0. The van der Waals surface area contributed by atoms with E-state index in [1.165, 1.54) is 0 Å². The molecule has 1 heterocycles. The number of fused-ring (bicyclic) bond motifs is 1. The Labute approximate surface area is 100 Å². The molecule has 0 saturated heterocycles. The van der Waals surface area contributed by atoms with E-state index in [0.29, 0.717) is 24.2 Å². The third-order valence-electron chi connectivity index (χ3n) is 2.98. The Morgan fingerprint density at radius 3 is 2.71 bits per heavy atom. The molecule has 0 aliphatic carbocycles. The minimum Gasteiger partial charge on any atom is -0.457 e. The molecule has 90 valence electrons. The van der Waals surface area contributed by atoms with Crippen LogP contribution in [-0.2, 0) is 11.3 Å². The van der Waals surface area contributed by atoms with Crippen LogP contribution in [0.3, 0.4) is 0 Å². The van der Waals surface area contributed by atoms with Gasteiger partial charge in [-0.25, -0.2) is 4.79 Å². The maximum absolute atomic E-state index is 12.1. The van der Waals surface area contributed by atoms with Gasteiger partial charge in [-0.2, -0.15) is 0 Å². The predicted molar refractivity (Wildman–Crippen MR) is 62.8 cm³/mol. The lowest BCUT2D eigenvalue weighted by Gasteiger charge is -2.18. The van der Waals surface area contributed by atoms with E-state index in [1.807, 2.05) is 13.8 Å². The molecule has 4 heteroatoms. The Hall–Kier alpha value is -1.84. The summed E-state index contributed by atoms with van der Waals surface area (Å²) < 4.78 is 4.91. The van der Waals surface area contributed by atoms with Crippen molar-refractivity contribution in [3.8, 4) is 0 Å². The molecule has 1 amide bonds. The van der Waals surface area contributed by atoms with Crippen LogP contribution in [0.4, 0.5) is 0 Å². The largest absolute Gasteiger partial charge is 0.457 e. The molecule has 17 heavy (non-hydrogen) atoms. The summed E-state index contributed by atoms with van der Waals surface area (Å²) in [6.45, 7) is 5.53. The third-order valence-corrected chi connectivity index (χ3v) is 2.98. The topological polar surface area (TPSA) is 46.6 Å². The lowest BCUT2D eigenvalue weighted by molar-refractivity contribution is 0.0535. The van der Waals surface area contributed by atoms with Gasteiger partial charge in [-0.1, -0.05) is 0 Å². The zero-order valence-electron chi connectivity index (χ0n) is 10.0. The van der Waals surface area contributed by atoms with Gasteiger partial charge in [0.25, 0.3) is 5.91 Å². The minimum absolute atomic E-state index is 0.00264. The molecule has 0 saturated carbocycles. The van der Waals surface area contributed by atoms with Gasteiger partial charge in [0.15, 0.2) is 0 Å². The van der Waals surface area contributed by atoms with Gasteiger partial charge >= 0.3 is 5.97 Å². The van der Waals surface area contributed by atoms with Crippen LogP contribution < -0.4 is 0 Å². The number of hydrogen-bond donors (Lipinski definition) is 0. The predicted octanol–water partition coefficient (Wildman–Crippen LogP) is 1.84. The highest BCUT2D eigenvalue weighted by atomic mass is 16.5. The maximum Gasteiger partial charge on any atom is 0.338 e. The quantitative estimate of drug-likeness (QED) is 0.748. The fraction of sp³-hybridized carbons (Fsp3) is 0.385. The number of carbonyl (C=O) groups excluding carboxylic acids is 2. The number of rotatable bonds is 3. The average Bonchev–Trinajstić information content (AvgIpc) is 2.72. The number of hydrogen-bond acceptors (Lipinski definition) is 3. The van der Waals surface area contributed by atoms with Gasteiger partial charge in [-0.3, -0.25) is 4.79 Å². The monoisotopic (exact) mass is 233 g/mol. The number of esters is 1. The zero-order valence-corrected chi connectivity index (χ0v) is 10.0. The summed E-state index contributed by atoms with van der Waals surface area (Å²) >= 11 is 0. The van der Waals surface area contributed by atoms with Crippen LogP contribution >= 0.6 is 0 Å². The van der Waals surface area contributed by atoms with Gasteiger partial charge in [0.2, 0.25) is 0 Å². The summed E-state index contributed by atoms with van der Waals surface area (Å²) in [7, 11) is 0. The van der Waals surface area contributed by atoms with E-state index in [1.54, 1.807) is 23.1 Å². The van der Waals surface area contributed by atoms with E-state index in [2.05, 4.69) is 0 Å². The number of nitrogens with zero attached hydrogens (tertiary/aromatic N) is 1. The zero-order chi connectivity index (χ0) is 12.4. The van der Waals surface area contributed by atoms with Crippen LogP contribution in [0.25, 0.3) is 0 Å². The molecule has 0 spiro atoms. The van der Waals surface area contributed by atoms with E-state index in [4.69, 9.17) is 4.74 Å². The van der Waals surface area contributed by atoms with Crippen molar-refractivity contribution >= 4 is 11.9 Å². The molecule has 1 aliphatic rings. The molecular formula is C13H15NO3. The number of amides is 1. The Bertz CT molecular complexity index is 464. The Morgan fingerprint density at radius 2 is 2.06 bits per heavy atom.